The average Bonchev–Trinajstić information content (AvgIpc) is 2.86. The Balaban J connectivity index is 0.000000606. The van der Waals surface area contributed by atoms with Crippen molar-refractivity contribution in [2.24, 2.45) is 0 Å². The van der Waals surface area contributed by atoms with Crippen molar-refractivity contribution >= 4 is 0 Å². The van der Waals surface area contributed by atoms with Gasteiger partial charge < -0.3 is 5.32 Å². The zero-order valence-corrected chi connectivity index (χ0v) is 11.1. The predicted octanol–water partition coefficient (Wildman–Crippen LogP) is 3.66. The van der Waals surface area contributed by atoms with E-state index in [1.165, 1.54) is 29.7 Å². The summed E-state index contributed by atoms with van der Waals surface area (Å²) in [6, 6.07) is 6.96. The van der Waals surface area contributed by atoms with E-state index in [1.54, 1.807) is 0 Å². The summed E-state index contributed by atoms with van der Waals surface area (Å²) in [7, 11) is 0. The second-order valence-electron chi connectivity index (χ2n) is 4.23. The van der Waals surface area contributed by atoms with Crippen molar-refractivity contribution in [1.82, 2.24) is 5.32 Å². The van der Waals surface area contributed by atoms with Gasteiger partial charge in [-0.25, -0.2) is 0 Å². The molecular weight excluding hydrogens is 194 g/mol. The van der Waals surface area contributed by atoms with Gasteiger partial charge in [0.05, 0.1) is 0 Å². The van der Waals surface area contributed by atoms with Crippen LogP contribution in [-0.2, 0) is 6.42 Å². The fourth-order valence-electron chi connectivity index (χ4n) is 2.27. The lowest BCUT2D eigenvalue weighted by Crippen LogP contribution is -2.08. The molecule has 1 atom stereocenters. The Morgan fingerprint density at radius 3 is 2.62 bits per heavy atom. The van der Waals surface area contributed by atoms with Crippen molar-refractivity contribution < 1.29 is 0 Å². The molecule has 0 saturated carbocycles. The first kappa shape index (κ1) is 13.2. The molecule has 1 nitrogen and oxygen atoms in total. The van der Waals surface area contributed by atoms with E-state index < -0.39 is 0 Å². The maximum absolute atomic E-state index is 3.42. The zero-order valence-electron chi connectivity index (χ0n) is 11.1. The third kappa shape index (κ3) is 3.08. The summed E-state index contributed by atoms with van der Waals surface area (Å²) < 4.78 is 0. The van der Waals surface area contributed by atoms with E-state index in [-0.39, 0.29) is 0 Å². The molecule has 0 aromatic heterocycles. The highest BCUT2D eigenvalue weighted by Crippen LogP contribution is 2.24. The van der Waals surface area contributed by atoms with Crippen molar-refractivity contribution in [3.8, 4) is 0 Å². The van der Waals surface area contributed by atoms with Crippen molar-refractivity contribution in [3.63, 3.8) is 0 Å². The van der Waals surface area contributed by atoms with E-state index >= 15 is 0 Å². The van der Waals surface area contributed by atoms with E-state index in [0.29, 0.717) is 0 Å². The minimum absolute atomic E-state index is 0.751. The molecule has 1 aliphatic heterocycles. The van der Waals surface area contributed by atoms with Crippen LogP contribution in [-0.4, -0.2) is 13.1 Å². The largest absolute Gasteiger partial charge is 0.316 e. The van der Waals surface area contributed by atoms with Crippen molar-refractivity contribution in [1.29, 1.82) is 0 Å². The van der Waals surface area contributed by atoms with Crippen LogP contribution in [0.2, 0.25) is 0 Å². The Kier molecular flexibility index (Phi) is 5.54. The normalized spacial score (nSPS) is 19.1. The molecule has 0 spiro atoms. The van der Waals surface area contributed by atoms with Crippen LogP contribution in [0.1, 0.15) is 49.8 Å². The summed E-state index contributed by atoms with van der Waals surface area (Å²) in [4.78, 5) is 0. The molecule has 16 heavy (non-hydrogen) atoms. The minimum Gasteiger partial charge on any atom is -0.316 e. The van der Waals surface area contributed by atoms with Gasteiger partial charge in [-0.1, -0.05) is 39.0 Å². The predicted molar refractivity (Wildman–Crippen MR) is 72.1 cm³/mol. The quantitative estimate of drug-likeness (QED) is 0.800. The first-order chi connectivity index (χ1) is 7.81. The highest BCUT2D eigenvalue weighted by atomic mass is 14.9. The lowest BCUT2D eigenvalue weighted by Gasteiger charge is -2.11. The molecule has 1 N–H and O–H groups in total. The number of nitrogens with one attached hydrogen (secondary N) is 1. The lowest BCUT2D eigenvalue weighted by molar-refractivity contribution is 0.761. The second-order valence-corrected chi connectivity index (χ2v) is 4.23. The SMILES string of the molecule is CC.CCc1cc(C2CCNC2)ccc1C. The molecule has 1 unspecified atom stereocenters. The smallest absolute Gasteiger partial charge is 0.00206 e. The van der Waals surface area contributed by atoms with Crippen LogP contribution in [0, 0.1) is 6.92 Å². The molecule has 1 saturated heterocycles. The highest BCUT2D eigenvalue weighted by Gasteiger charge is 2.16. The van der Waals surface area contributed by atoms with E-state index in [2.05, 4.69) is 37.4 Å². The van der Waals surface area contributed by atoms with E-state index in [9.17, 15) is 0 Å². The summed E-state index contributed by atoms with van der Waals surface area (Å²) in [6.45, 7) is 10.8. The summed E-state index contributed by atoms with van der Waals surface area (Å²) >= 11 is 0. The Hall–Kier alpha value is -0.820. The van der Waals surface area contributed by atoms with Crippen LogP contribution in [0.15, 0.2) is 18.2 Å². The van der Waals surface area contributed by atoms with Crippen LogP contribution in [0.25, 0.3) is 0 Å². The fraction of sp³-hybridized carbons (Fsp3) is 0.600. The molecular formula is C15H25N. The maximum Gasteiger partial charge on any atom is 0.00206 e. The van der Waals surface area contributed by atoms with Gasteiger partial charge in [-0.3, -0.25) is 0 Å². The van der Waals surface area contributed by atoms with Crippen LogP contribution in [0.3, 0.4) is 0 Å². The Morgan fingerprint density at radius 2 is 2.06 bits per heavy atom. The Labute approximate surface area is 100 Å². The zero-order chi connectivity index (χ0) is 12.0. The third-order valence-corrected chi connectivity index (χ3v) is 3.29. The molecule has 1 heteroatoms. The summed E-state index contributed by atoms with van der Waals surface area (Å²) in [5.41, 5.74) is 4.47. The van der Waals surface area contributed by atoms with E-state index in [0.717, 1.165) is 18.9 Å². The molecule has 0 bridgehead atoms. The molecule has 1 heterocycles. The van der Waals surface area contributed by atoms with Crippen LogP contribution in [0.5, 0.6) is 0 Å². The molecule has 90 valence electrons. The van der Waals surface area contributed by atoms with Crippen LogP contribution in [0.4, 0.5) is 0 Å². The molecule has 0 aliphatic carbocycles. The standard InChI is InChI=1S/C13H19N.C2H6/c1-3-11-8-12(5-4-10(11)2)13-6-7-14-9-13;1-2/h4-5,8,13-14H,3,6-7,9H2,1-2H3;1-2H3. The molecule has 0 radical (unpaired) electrons. The van der Waals surface area contributed by atoms with Gasteiger partial charge in [0.2, 0.25) is 0 Å². The van der Waals surface area contributed by atoms with Gasteiger partial charge >= 0.3 is 0 Å². The van der Waals surface area contributed by atoms with Gasteiger partial charge in [-0.2, -0.15) is 0 Å². The van der Waals surface area contributed by atoms with Crippen molar-refractivity contribution in [3.05, 3.63) is 34.9 Å². The summed E-state index contributed by atoms with van der Waals surface area (Å²) in [6.07, 6.45) is 2.45. The number of benzene rings is 1. The lowest BCUT2D eigenvalue weighted by atomic mass is 9.94. The molecule has 1 aromatic carbocycles. The molecule has 1 aliphatic rings. The number of hydrogen-bond acceptors (Lipinski definition) is 1. The molecule has 2 rings (SSSR count). The van der Waals surface area contributed by atoms with Gasteiger partial charge in [-0.05, 0) is 48.9 Å². The minimum atomic E-state index is 0.751. The first-order valence-corrected chi connectivity index (χ1v) is 6.61. The van der Waals surface area contributed by atoms with Gasteiger partial charge in [-0.15, -0.1) is 0 Å². The van der Waals surface area contributed by atoms with Crippen LogP contribution >= 0.6 is 0 Å². The van der Waals surface area contributed by atoms with Gasteiger partial charge in [0.1, 0.15) is 0 Å². The average molecular weight is 219 g/mol. The van der Waals surface area contributed by atoms with Crippen molar-refractivity contribution in [2.75, 3.05) is 13.1 Å². The topological polar surface area (TPSA) is 12.0 Å². The first-order valence-electron chi connectivity index (χ1n) is 6.61. The Bertz CT molecular complexity index is 311. The molecule has 1 fully saturated rings. The fourth-order valence-corrected chi connectivity index (χ4v) is 2.27. The summed E-state index contributed by atoms with van der Waals surface area (Å²) in [5, 5.41) is 3.42. The van der Waals surface area contributed by atoms with Crippen LogP contribution < -0.4 is 5.32 Å². The van der Waals surface area contributed by atoms with E-state index in [1.807, 2.05) is 13.8 Å². The van der Waals surface area contributed by atoms with Crippen molar-refractivity contribution in [2.45, 2.75) is 46.5 Å². The van der Waals surface area contributed by atoms with Gasteiger partial charge in [0, 0.05) is 6.54 Å². The monoisotopic (exact) mass is 219 g/mol. The highest BCUT2D eigenvalue weighted by molar-refractivity contribution is 5.33. The third-order valence-electron chi connectivity index (χ3n) is 3.29. The van der Waals surface area contributed by atoms with Gasteiger partial charge in [0.25, 0.3) is 0 Å². The number of rotatable bonds is 2. The molecule has 0 amide bonds. The Morgan fingerprint density at radius 1 is 1.31 bits per heavy atom. The maximum atomic E-state index is 3.42. The summed E-state index contributed by atoms with van der Waals surface area (Å²) in [5.74, 6) is 0.751. The second kappa shape index (κ2) is 6.70. The van der Waals surface area contributed by atoms with Gasteiger partial charge in [0.15, 0.2) is 0 Å². The number of hydrogen-bond donors (Lipinski definition) is 1. The van der Waals surface area contributed by atoms with E-state index in [4.69, 9.17) is 0 Å². The molecule has 1 aromatic rings. The number of aryl methyl sites for hydroxylation is 2.